The number of esters is 1. The summed E-state index contributed by atoms with van der Waals surface area (Å²) in [6, 6.07) is 6.19. The number of benzene rings is 1. The Kier molecular flexibility index (Phi) is 7.83. The molecule has 0 aromatic heterocycles. The minimum atomic E-state index is -1.27. The number of hydrogen-bond acceptors (Lipinski definition) is 7. The molecule has 25 heavy (non-hydrogen) atoms. The van der Waals surface area contributed by atoms with E-state index in [1.165, 1.54) is 12.1 Å². The van der Waals surface area contributed by atoms with Gasteiger partial charge in [0.15, 0.2) is 0 Å². The van der Waals surface area contributed by atoms with Crippen molar-refractivity contribution < 1.29 is 39.3 Å². The van der Waals surface area contributed by atoms with Crippen molar-refractivity contribution in [3.05, 3.63) is 39.9 Å². The molecule has 1 unspecified atom stereocenters. The van der Waals surface area contributed by atoms with Crippen molar-refractivity contribution in [1.82, 2.24) is 0 Å². The summed E-state index contributed by atoms with van der Waals surface area (Å²) in [7, 11) is 0. The van der Waals surface area contributed by atoms with Crippen LogP contribution in [0.15, 0.2) is 24.3 Å². The average Bonchev–Trinajstić information content (AvgIpc) is 2.51. The molecule has 0 radical (unpaired) electrons. The van der Waals surface area contributed by atoms with Crippen LogP contribution >= 0.6 is 0 Å². The summed E-state index contributed by atoms with van der Waals surface area (Å²) in [5.74, 6) is -4.23. The first-order chi connectivity index (χ1) is 11.8. The SMILES string of the molecule is O=C(O)CCC(CC(=O)Oc1cccc(CCO[N+](=O)[O-])c1)C(=O)O. The number of carbonyl (C=O) groups excluding carboxylic acids is 1. The van der Waals surface area contributed by atoms with Crippen molar-refractivity contribution in [2.75, 3.05) is 6.61 Å². The maximum atomic E-state index is 11.8. The van der Waals surface area contributed by atoms with E-state index >= 15 is 0 Å². The molecule has 136 valence electrons. The fourth-order valence-corrected chi connectivity index (χ4v) is 1.99. The number of ether oxygens (including phenoxy) is 1. The summed E-state index contributed by atoms with van der Waals surface area (Å²) < 4.78 is 5.05. The molecule has 10 heteroatoms. The molecule has 0 bridgehead atoms. The Labute approximate surface area is 142 Å². The van der Waals surface area contributed by atoms with Crippen LogP contribution in [0.4, 0.5) is 0 Å². The van der Waals surface area contributed by atoms with Gasteiger partial charge in [-0.15, -0.1) is 10.1 Å². The number of aliphatic carboxylic acids is 2. The van der Waals surface area contributed by atoms with Crippen LogP contribution < -0.4 is 4.74 Å². The van der Waals surface area contributed by atoms with E-state index in [0.717, 1.165) is 0 Å². The number of carboxylic acids is 2. The van der Waals surface area contributed by atoms with Crippen molar-refractivity contribution >= 4 is 17.9 Å². The largest absolute Gasteiger partial charge is 0.481 e. The first-order valence-corrected chi connectivity index (χ1v) is 7.29. The molecular formula is C15H17NO9. The summed E-state index contributed by atoms with van der Waals surface area (Å²) in [4.78, 5) is 47.7. The number of rotatable bonds is 11. The maximum Gasteiger partial charge on any atom is 0.312 e. The summed E-state index contributed by atoms with van der Waals surface area (Å²) in [5, 5.41) is 26.8. The van der Waals surface area contributed by atoms with Crippen molar-refractivity contribution in [2.45, 2.75) is 25.7 Å². The second-order valence-corrected chi connectivity index (χ2v) is 5.10. The Hall–Kier alpha value is -3.17. The zero-order chi connectivity index (χ0) is 18.8. The molecule has 1 atom stereocenters. The highest BCUT2D eigenvalue weighted by molar-refractivity contribution is 5.80. The summed E-state index contributed by atoms with van der Waals surface area (Å²) >= 11 is 0. The zero-order valence-electron chi connectivity index (χ0n) is 13.1. The second kappa shape index (κ2) is 9.85. The van der Waals surface area contributed by atoms with E-state index in [1.54, 1.807) is 12.1 Å². The van der Waals surface area contributed by atoms with Gasteiger partial charge in [-0.3, -0.25) is 14.4 Å². The topological polar surface area (TPSA) is 153 Å². The van der Waals surface area contributed by atoms with E-state index in [9.17, 15) is 24.5 Å². The molecule has 1 aromatic rings. The third-order valence-corrected chi connectivity index (χ3v) is 3.19. The molecule has 0 fully saturated rings. The van der Waals surface area contributed by atoms with Gasteiger partial charge >= 0.3 is 17.9 Å². The van der Waals surface area contributed by atoms with Gasteiger partial charge in [-0.2, -0.15) is 0 Å². The van der Waals surface area contributed by atoms with Crippen LogP contribution in [0.1, 0.15) is 24.8 Å². The minimum Gasteiger partial charge on any atom is -0.481 e. The number of carboxylic acid groups (broad SMARTS) is 2. The molecule has 0 aliphatic heterocycles. The average molecular weight is 355 g/mol. The molecule has 0 saturated carbocycles. The molecule has 0 aliphatic rings. The number of carbonyl (C=O) groups is 3. The van der Waals surface area contributed by atoms with Crippen molar-refractivity contribution in [1.29, 1.82) is 0 Å². The van der Waals surface area contributed by atoms with E-state index < -0.39 is 35.3 Å². The molecule has 0 spiro atoms. The quantitative estimate of drug-likeness (QED) is 0.259. The molecule has 0 saturated heterocycles. The summed E-state index contributed by atoms with van der Waals surface area (Å²) in [6.07, 6.45) is -0.784. The van der Waals surface area contributed by atoms with Gasteiger partial charge in [0.2, 0.25) is 0 Å². The fraction of sp³-hybridized carbons (Fsp3) is 0.400. The smallest absolute Gasteiger partial charge is 0.312 e. The molecule has 1 aromatic carbocycles. The molecule has 2 N–H and O–H groups in total. The summed E-state index contributed by atoms with van der Waals surface area (Å²) in [6.45, 7) is -0.152. The number of nitrogens with zero attached hydrogens (tertiary/aromatic N) is 1. The third-order valence-electron chi connectivity index (χ3n) is 3.19. The molecule has 1 rings (SSSR count). The first kappa shape index (κ1) is 19.9. The Bertz CT molecular complexity index is 644. The first-order valence-electron chi connectivity index (χ1n) is 7.29. The lowest BCUT2D eigenvalue weighted by molar-refractivity contribution is -0.757. The second-order valence-electron chi connectivity index (χ2n) is 5.10. The lowest BCUT2D eigenvalue weighted by atomic mass is 10.00. The van der Waals surface area contributed by atoms with Gasteiger partial charge in [0.05, 0.1) is 12.3 Å². The highest BCUT2D eigenvalue weighted by atomic mass is 16.9. The molecule has 10 nitrogen and oxygen atoms in total. The van der Waals surface area contributed by atoms with Crippen LogP contribution in [-0.2, 0) is 25.6 Å². The van der Waals surface area contributed by atoms with Crippen LogP contribution in [0.5, 0.6) is 5.75 Å². The van der Waals surface area contributed by atoms with Gasteiger partial charge in [-0.1, -0.05) is 12.1 Å². The maximum absolute atomic E-state index is 11.8. The Balaban J connectivity index is 2.58. The minimum absolute atomic E-state index is 0.152. The normalized spacial score (nSPS) is 11.4. The molecular weight excluding hydrogens is 338 g/mol. The van der Waals surface area contributed by atoms with Gasteiger partial charge in [0.25, 0.3) is 5.09 Å². The highest BCUT2D eigenvalue weighted by Gasteiger charge is 2.23. The van der Waals surface area contributed by atoms with Crippen LogP contribution in [-0.4, -0.2) is 39.8 Å². The van der Waals surface area contributed by atoms with Gasteiger partial charge in [-0.05, 0) is 30.5 Å². The Morgan fingerprint density at radius 2 is 1.96 bits per heavy atom. The number of hydrogen-bond donors (Lipinski definition) is 2. The fourth-order valence-electron chi connectivity index (χ4n) is 1.99. The highest BCUT2D eigenvalue weighted by Crippen LogP contribution is 2.18. The molecule has 0 aliphatic carbocycles. The van der Waals surface area contributed by atoms with Gasteiger partial charge < -0.3 is 19.8 Å². The third kappa shape index (κ3) is 8.30. The van der Waals surface area contributed by atoms with Gasteiger partial charge in [0.1, 0.15) is 12.4 Å². The van der Waals surface area contributed by atoms with E-state index in [1.807, 2.05) is 0 Å². The lowest BCUT2D eigenvalue weighted by Gasteiger charge is -2.11. The van der Waals surface area contributed by atoms with Crippen LogP contribution in [0, 0.1) is 16.0 Å². The predicted molar refractivity (Wildman–Crippen MR) is 81.3 cm³/mol. The lowest BCUT2D eigenvalue weighted by Crippen LogP contribution is -2.21. The van der Waals surface area contributed by atoms with E-state index in [4.69, 9.17) is 14.9 Å². The van der Waals surface area contributed by atoms with Gasteiger partial charge in [0, 0.05) is 6.42 Å². The standard InChI is InChI=1S/C15H17NO9/c17-13(18)5-4-11(15(20)21)9-14(19)25-12-3-1-2-10(8-12)6-7-24-16(22)23/h1-3,8,11H,4-7,9H2,(H,17,18)(H,20,21). The van der Waals surface area contributed by atoms with E-state index in [0.29, 0.717) is 5.56 Å². The van der Waals surface area contributed by atoms with Crippen LogP contribution in [0.25, 0.3) is 0 Å². The van der Waals surface area contributed by atoms with E-state index in [-0.39, 0.29) is 31.6 Å². The van der Waals surface area contributed by atoms with Crippen molar-refractivity contribution in [3.8, 4) is 5.75 Å². The molecule has 0 amide bonds. The molecule has 0 heterocycles. The van der Waals surface area contributed by atoms with Crippen LogP contribution in [0.3, 0.4) is 0 Å². The van der Waals surface area contributed by atoms with Crippen LogP contribution in [0.2, 0.25) is 0 Å². The van der Waals surface area contributed by atoms with Gasteiger partial charge in [-0.25, -0.2) is 0 Å². The zero-order valence-corrected chi connectivity index (χ0v) is 13.1. The van der Waals surface area contributed by atoms with Crippen molar-refractivity contribution in [3.63, 3.8) is 0 Å². The Morgan fingerprint density at radius 1 is 1.24 bits per heavy atom. The summed E-state index contributed by atoms with van der Waals surface area (Å²) in [5.41, 5.74) is 0.632. The Morgan fingerprint density at radius 3 is 2.56 bits per heavy atom. The monoisotopic (exact) mass is 355 g/mol. The predicted octanol–water partition coefficient (Wildman–Crippen LogP) is 1.30. The van der Waals surface area contributed by atoms with E-state index in [2.05, 4.69) is 4.84 Å². The van der Waals surface area contributed by atoms with Crippen molar-refractivity contribution in [2.24, 2.45) is 5.92 Å².